The maximum atomic E-state index is 12.4. The summed E-state index contributed by atoms with van der Waals surface area (Å²) in [5, 5.41) is 0.701. The molecule has 4 heteroatoms. The van der Waals surface area contributed by atoms with E-state index in [0.29, 0.717) is 16.5 Å². The van der Waals surface area contributed by atoms with Crippen LogP contribution in [0.1, 0.15) is 35.4 Å². The number of nitrogens with zero attached hydrogens (tertiary/aromatic N) is 1. The van der Waals surface area contributed by atoms with Gasteiger partial charge in [0.1, 0.15) is 5.76 Å². The molecular weight excluding hydrogens is 286 g/mol. The number of amides is 1. The van der Waals surface area contributed by atoms with E-state index in [4.69, 9.17) is 16.0 Å². The molecule has 0 bridgehead atoms. The van der Waals surface area contributed by atoms with Crippen molar-refractivity contribution >= 4 is 17.5 Å². The smallest absolute Gasteiger partial charge is 0.289 e. The highest BCUT2D eigenvalue weighted by atomic mass is 35.5. The van der Waals surface area contributed by atoms with Crippen molar-refractivity contribution < 1.29 is 9.21 Å². The fourth-order valence-corrected chi connectivity index (χ4v) is 2.98. The summed E-state index contributed by atoms with van der Waals surface area (Å²) in [6, 6.07) is 9.27. The minimum atomic E-state index is -0.00688. The van der Waals surface area contributed by atoms with Gasteiger partial charge in [-0.1, -0.05) is 11.6 Å². The molecule has 1 aliphatic rings. The average molecular weight is 304 g/mol. The van der Waals surface area contributed by atoms with Crippen LogP contribution in [0.4, 0.5) is 0 Å². The molecule has 0 aliphatic carbocycles. The molecule has 1 amide bonds. The van der Waals surface area contributed by atoms with Crippen LogP contribution in [0.25, 0.3) is 11.3 Å². The van der Waals surface area contributed by atoms with Gasteiger partial charge in [-0.2, -0.15) is 0 Å². The lowest BCUT2D eigenvalue weighted by Crippen LogP contribution is -2.35. The van der Waals surface area contributed by atoms with Gasteiger partial charge in [-0.05, 0) is 62.1 Å². The van der Waals surface area contributed by atoms with E-state index in [1.165, 1.54) is 6.42 Å². The Kier molecular flexibility index (Phi) is 4.02. The van der Waals surface area contributed by atoms with E-state index in [2.05, 4.69) is 0 Å². The molecule has 0 atom stereocenters. The van der Waals surface area contributed by atoms with Gasteiger partial charge < -0.3 is 9.32 Å². The second kappa shape index (κ2) is 5.94. The lowest BCUT2D eigenvalue weighted by molar-refractivity contribution is 0.0693. The summed E-state index contributed by atoms with van der Waals surface area (Å²) < 4.78 is 5.77. The first kappa shape index (κ1) is 14.2. The van der Waals surface area contributed by atoms with Gasteiger partial charge in [0, 0.05) is 23.7 Å². The van der Waals surface area contributed by atoms with Crippen LogP contribution >= 0.6 is 11.6 Å². The zero-order valence-corrected chi connectivity index (χ0v) is 12.8. The molecule has 0 unspecified atom stereocenters. The Morgan fingerprint density at radius 3 is 2.62 bits per heavy atom. The fraction of sp³-hybridized carbons (Fsp3) is 0.353. The van der Waals surface area contributed by atoms with E-state index < -0.39 is 0 Å². The maximum Gasteiger partial charge on any atom is 0.289 e. The van der Waals surface area contributed by atoms with Gasteiger partial charge in [0.05, 0.1) is 0 Å². The number of carbonyl (C=O) groups is 1. The SMILES string of the molecule is Cc1cc(Cl)ccc1-c1ccc(C(=O)N2CCCCC2)o1. The standard InChI is InChI=1S/C17H18ClNO2/c1-12-11-13(18)5-6-14(12)15-7-8-16(21-15)17(20)19-9-3-2-4-10-19/h5-8,11H,2-4,9-10H2,1H3. The molecule has 0 N–H and O–H groups in total. The van der Waals surface area contributed by atoms with Gasteiger partial charge in [0.2, 0.25) is 0 Å². The predicted octanol–water partition coefficient (Wildman–Crippen LogP) is 4.53. The Bertz CT molecular complexity index is 657. The highest BCUT2D eigenvalue weighted by Crippen LogP contribution is 2.28. The summed E-state index contributed by atoms with van der Waals surface area (Å²) in [6.07, 6.45) is 3.36. The quantitative estimate of drug-likeness (QED) is 0.816. The summed E-state index contributed by atoms with van der Waals surface area (Å²) in [4.78, 5) is 14.3. The number of benzene rings is 1. The highest BCUT2D eigenvalue weighted by molar-refractivity contribution is 6.30. The van der Waals surface area contributed by atoms with Crippen molar-refractivity contribution in [2.24, 2.45) is 0 Å². The third kappa shape index (κ3) is 2.98. The van der Waals surface area contributed by atoms with Crippen LogP contribution in [0.15, 0.2) is 34.7 Å². The van der Waals surface area contributed by atoms with Crippen molar-refractivity contribution in [1.82, 2.24) is 4.90 Å². The van der Waals surface area contributed by atoms with Crippen LogP contribution in [0.2, 0.25) is 5.02 Å². The monoisotopic (exact) mass is 303 g/mol. The fourth-order valence-electron chi connectivity index (χ4n) is 2.75. The van der Waals surface area contributed by atoms with Crippen molar-refractivity contribution in [2.45, 2.75) is 26.2 Å². The zero-order chi connectivity index (χ0) is 14.8. The number of likely N-dealkylation sites (tertiary alicyclic amines) is 1. The minimum absolute atomic E-state index is 0.00688. The molecule has 1 aromatic carbocycles. The molecular formula is C17H18ClNO2. The van der Waals surface area contributed by atoms with E-state index in [1.54, 1.807) is 6.07 Å². The molecule has 1 fully saturated rings. The Labute approximate surface area is 129 Å². The number of furan rings is 1. The first-order chi connectivity index (χ1) is 10.1. The van der Waals surface area contributed by atoms with E-state index >= 15 is 0 Å². The predicted molar refractivity (Wildman–Crippen MR) is 83.6 cm³/mol. The van der Waals surface area contributed by atoms with Crippen LogP contribution in [-0.2, 0) is 0 Å². The normalized spacial score (nSPS) is 15.2. The van der Waals surface area contributed by atoms with Crippen molar-refractivity contribution in [1.29, 1.82) is 0 Å². The molecule has 110 valence electrons. The zero-order valence-electron chi connectivity index (χ0n) is 12.1. The van der Waals surface area contributed by atoms with Crippen molar-refractivity contribution in [3.8, 4) is 11.3 Å². The average Bonchev–Trinajstić information content (AvgIpc) is 2.97. The van der Waals surface area contributed by atoms with E-state index in [9.17, 15) is 4.79 Å². The summed E-state index contributed by atoms with van der Waals surface area (Å²) in [7, 11) is 0. The molecule has 1 aromatic heterocycles. The van der Waals surface area contributed by atoms with E-state index in [-0.39, 0.29) is 5.91 Å². The first-order valence-electron chi connectivity index (χ1n) is 7.31. The summed E-state index contributed by atoms with van der Waals surface area (Å²) in [5.41, 5.74) is 2.01. The van der Waals surface area contributed by atoms with Crippen molar-refractivity contribution in [2.75, 3.05) is 13.1 Å². The van der Waals surface area contributed by atoms with Gasteiger partial charge in [-0.3, -0.25) is 4.79 Å². The number of rotatable bonds is 2. The van der Waals surface area contributed by atoms with Gasteiger partial charge >= 0.3 is 0 Å². The van der Waals surface area contributed by atoms with Crippen LogP contribution < -0.4 is 0 Å². The number of piperidine rings is 1. The van der Waals surface area contributed by atoms with Gasteiger partial charge in [0.15, 0.2) is 5.76 Å². The number of carbonyl (C=O) groups excluding carboxylic acids is 1. The maximum absolute atomic E-state index is 12.4. The molecule has 2 heterocycles. The number of hydrogen-bond acceptors (Lipinski definition) is 2. The van der Waals surface area contributed by atoms with Crippen LogP contribution in [0, 0.1) is 6.92 Å². The minimum Gasteiger partial charge on any atom is -0.451 e. The van der Waals surface area contributed by atoms with Crippen molar-refractivity contribution in [3.63, 3.8) is 0 Å². The molecule has 0 saturated carbocycles. The molecule has 3 nitrogen and oxygen atoms in total. The van der Waals surface area contributed by atoms with Gasteiger partial charge in [-0.25, -0.2) is 0 Å². The van der Waals surface area contributed by atoms with E-state index in [0.717, 1.165) is 37.1 Å². The van der Waals surface area contributed by atoms with Crippen LogP contribution in [0.5, 0.6) is 0 Å². The lowest BCUT2D eigenvalue weighted by atomic mass is 10.1. The summed E-state index contributed by atoms with van der Waals surface area (Å²) in [5.74, 6) is 1.12. The second-order valence-corrected chi connectivity index (χ2v) is 5.91. The molecule has 3 rings (SSSR count). The van der Waals surface area contributed by atoms with Crippen LogP contribution in [-0.4, -0.2) is 23.9 Å². The molecule has 21 heavy (non-hydrogen) atoms. The highest BCUT2D eigenvalue weighted by Gasteiger charge is 2.21. The number of aryl methyl sites for hydroxylation is 1. The Balaban J connectivity index is 1.84. The van der Waals surface area contributed by atoms with Crippen molar-refractivity contribution in [3.05, 3.63) is 46.7 Å². The molecule has 2 aromatic rings. The Hall–Kier alpha value is -1.74. The van der Waals surface area contributed by atoms with Gasteiger partial charge in [-0.15, -0.1) is 0 Å². The topological polar surface area (TPSA) is 33.5 Å². The molecule has 1 saturated heterocycles. The van der Waals surface area contributed by atoms with Gasteiger partial charge in [0.25, 0.3) is 5.91 Å². The molecule has 0 spiro atoms. The Morgan fingerprint density at radius 2 is 1.90 bits per heavy atom. The van der Waals surface area contributed by atoms with Crippen LogP contribution in [0.3, 0.4) is 0 Å². The Morgan fingerprint density at radius 1 is 1.14 bits per heavy atom. The summed E-state index contributed by atoms with van der Waals surface area (Å²) in [6.45, 7) is 3.64. The number of hydrogen-bond donors (Lipinski definition) is 0. The first-order valence-corrected chi connectivity index (χ1v) is 7.68. The molecule has 0 radical (unpaired) electrons. The second-order valence-electron chi connectivity index (χ2n) is 5.48. The third-order valence-electron chi connectivity index (χ3n) is 3.91. The molecule has 1 aliphatic heterocycles. The third-order valence-corrected chi connectivity index (χ3v) is 4.15. The summed E-state index contributed by atoms with van der Waals surface area (Å²) >= 11 is 5.97. The van der Waals surface area contributed by atoms with E-state index in [1.807, 2.05) is 36.1 Å². The largest absolute Gasteiger partial charge is 0.451 e. The number of halogens is 1. The lowest BCUT2D eigenvalue weighted by Gasteiger charge is -2.25.